The lowest BCUT2D eigenvalue weighted by Crippen LogP contribution is -2.26. The fraction of sp³-hybridized carbons (Fsp3) is 0.214. The lowest BCUT2D eigenvalue weighted by molar-refractivity contribution is -0.0756. The third-order valence-electron chi connectivity index (χ3n) is 5.27. The van der Waals surface area contributed by atoms with E-state index in [1.807, 2.05) is 13.8 Å². The van der Waals surface area contributed by atoms with Gasteiger partial charge < -0.3 is 11.5 Å². The Bertz CT molecular complexity index is 1600. The number of thioether (sulfide) groups is 2. The predicted molar refractivity (Wildman–Crippen MR) is 169 cm³/mol. The molecule has 17 heteroatoms. The van der Waals surface area contributed by atoms with Gasteiger partial charge in [0.15, 0.2) is 10.3 Å². The first kappa shape index (κ1) is 37.4. The second-order valence-corrected chi connectivity index (χ2v) is 11.5. The van der Waals surface area contributed by atoms with Gasteiger partial charge in [-0.05, 0) is 51.7 Å². The number of nitrogens with zero attached hydrogens (tertiary/aromatic N) is 5. The molecule has 2 aromatic carbocycles. The molecule has 4 N–H and O–H groups in total. The van der Waals surface area contributed by atoms with Crippen LogP contribution in [0.25, 0.3) is 0 Å². The Hall–Kier alpha value is -3.80. The topological polar surface area (TPSA) is 150 Å². The average Bonchev–Trinajstić information content (AvgIpc) is 3.00. The van der Waals surface area contributed by atoms with Crippen LogP contribution in [0.2, 0.25) is 0 Å². The number of amides is 1. The minimum atomic E-state index is -0.943. The summed E-state index contributed by atoms with van der Waals surface area (Å²) in [5.74, 6) is -2.60. The summed E-state index contributed by atoms with van der Waals surface area (Å²) < 4.78 is 51.6. The maximum Gasteiger partial charge on any atom is 0.282 e. The Morgan fingerprint density at radius 1 is 0.822 bits per heavy atom. The first-order valence-electron chi connectivity index (χ1n) is 12.8. The number of hydroxylamine groups is 2. The minimum Gasteiger partial charge on any atom is -0.383 e. The van der Waals surface area contributed by atoms with Crippen molar-refractivity contribution in [2.75, 3.05) is 37.1 Å². The number of hydrogen-bond acceptors (Lipinski definition) is 11. The number of benzene rings is 2. The molecule has 0 aliphatic rings. The van der Waals surface area contributed by atoms with Crippen LogP contribution < -0.4 is 11.5 Å². The zero-order chi connectivity index (χ0) is 33.7. The Morgan fingerprint density at radius 3 is 1.62 bits per heavy atom. The molecular formula is C28H28BrF4N7O3S2. The number of carbonyl (C=O) groups is 2. The molecule has 0 aliphatic carbocycles. The van der Waals surface area contributed by atoms with Crippen molar-refractivity contribution in [1.82, 2.24) is 25.0 Å². The maximum absolute atomic E-state index is 13.6. The molecule has 0 saturated heterocycles. The van der Waals surface area contributed by atoms with Crippen LogP contribution in [0.4, 0.5) is 29.2 Å². The van der Waals surface area contributed by atoms with Crippen LogP contribution in [0.1, 0.15) is 40.1 Å². The van der Waals surface area contributed by atoms with Gasteiger partial charge in [-0.3, -0.25) is 14.4 Å². The monoisotopic (exact) mass is 729 g/mol. The quantitative estimate of drug-likeness (QED) is 0.0532. The second kappa shape index (κ2) is 18.2. The molecule has 4 aromatic rings. The summed E-state index contributed by atoms with van der Waals surface area (Å²) >= 11 is 5.55. The number of rotatable bonds is 8. The van der Waals surface area contributed by atoms with Crippen molar-refractivity contribution in [1.29, 1.82) is 0 Å². The van der Waals surface area contributed by atoms with Gasteiger partial charge in [-0.1, -0.05) is 49.5 Å². The molecule has 0 aliphatic heterocycles. The summed E-state index contributed by atoms with van der Waals surface area (Å²) in [6.45, 7) is 3.90. The summed E-state index contributed by atoms with van der Waals surface area (Å²) in [7, 11) is 2.90. The van der Waals surface area contributed by atoms with Crippen LogP contribution in [-0.4, -0.2) is 62.4 Å². The number of nitrogens with two attached hydrogens (primary N) is 2. The smallest absolute Gasteiger partial charge is 0.282 e. The van der Waals surface area contributed by atoms with Crippen LogP contribution in [0.5, 0.6) is 0 Å². The number of ketones is 1. The predicted octanol–water partition coefficient (Wildman–Crippen LogP) is 6.21. The average molecular weight is 731 g/mol. The first-order valence-corrected chi connectivity index (χ1v) is 15.5. The van der Waals surface area contributed by atoms with Crippen LogP contribution in [0.15, 0.2) is 63.6 Å². The summed E-state index contributed by atoms with van der Waals surface area (Å²) in [5, 5.41) is 2.05. The van der Waals surface area contributed by atoms with Crippen LogP contribution in [0, 0.1) is 23.3 Å². The zero-order valence-corrected chi connectivity index (χ0v) is 27.6. The number of carbonyl (C=O) groups excluding carboxylic acids is 2. The normalized spacial score (nSPS) is 10.2. The molecule has 0 spiro atoms. The van der Waals surface area contributed by atoms with Crippen LogP contribution >= 0.6 is 39.5 Å². The van der Waals surface area contributed by atoms with Crippen molar-refractivity contribution in [2.24, 2.45) is 0 Å². The Labute approximate surface area is 273 Å². The molecule has 1 amide bonds. The van der Waals surface area contributed by atoms with Gasteiger partial charge in [0.1, 0.15) is 40.5 Å². The molecule has 10 nitrogen and oxygen atoms in total. The van der Waals surface area contributed by atoms with E-state index in [1.54, 1.807) is 0 Å². The minimum absolute atomic E-state index is 0.0939. The molecule has 0 radical (unpaired) electrons. The van der Waals surface area contributed by atoms with E-state index < -0.39 is 34.6 Å². The summed E-state index contributed by atoms with van der Waals surface area (Å²) in [4.78, 5) is 44.5. The molecule has 0 bridgehead atoms. The Morgan fingerprint density at radius 2 is 1.24 bits per heavy atom. The van der Waals surface area contributed by atoms with E-state index in [0.29, 0.717) is 10.3 Å². The highest BCUT2D eigenvalue weighted by Crippen LogP contribution is 2.22. The number of anilines is 2. The zero-order valence-electron chi connectivity index (χ0n) is 24.4. The van der Waals surface area contributed by atoms with Crippen LogP contribution in [-0.2, 0) is 4.84 Å². The largest absolute Gasteiger partial charge is 0.383 e. The number of hydrogen-bond donors (Lipinski definition) is 2. The van der Waals surface area contributed by atoms with Gasteiger partial charge >= 0.3 is 0 Å². The SMILES string of the molecule is CCSc1ncc(C(=O)N(C)OC)c(N)n1.CCSc1ncc(C(=O)c2c(F)cccc2F)c(N)n1.Fc1cccc(F)c1Br. The van der Waals surface area contributed by atoms with Crippen molar-refractivity contribution in [2.45, 2.75) is 24.2 Å². The third kappa shape index (κ3) is 10.7. The molecule has 0 fully saturated rings. The van der Waals surface area contributed by atoms with Gasteiger partial charge in [-0.2, -0.15) is 0 Å². The molecule has 0 saturated carbocycles. The fourth-order valence-electron chi connectivity index (χ4n) is 3.07. The van der Waals surface area contributed by atoms with E-state index in [9.17, 15) is 27.2 Å². The second-order valence-electron chi connectivity index (χ2n) is 8.22. The molecule has 0 unspecified atom stereocenters. The lowest BCUT2D eigenvalue weighted by atomic mass is 10.0. The van der Waals surface area contributed by atoms with Crippen LogP contribution in [0.3, 0.4) is 0 Å². The van der Waals surface area contributed by atoms with Crippen molar-refractivity contribution in [3.63, 3.8) is 0 Å². The molecule has 240 valence electrons. The third-order valence-corrected chi connectivity index (χ3v) is 7.51. The number of halogens is 5. The van der Waals surface area contributed by atoms with E-state index in [1.165, 1.54) is 74.3 Å². The number of nitrogen functional groups attached to an aromatic ring is 2. The fourth-order valence-corrected chi connectivity index (χ4v) is 4.43. The molecule has 2 aromatic heterocycles. The van der Waals surface area contributed by atoms with E-state index in [4.69, 9.17) is 16.3 Å². The van der Waals surface area contributed by atoms with E-state index in [0.717, 1.165) is 28.7 Å². The highest BCUT2D eigenvalue weighted by Gasteiger charge is 2.22. The lowest BCUT2D eigenvalue weighted by Gasteiger charge is -2.14. The Kier molecular flexibility index (Phi) is 15.2. The maximum atomic E-state index is 13.6. The van der Waals surface area contributed by atoms with Crippen molar-refractivity contribution in [3.8, 4) is 0 Å². The van der Waals surface area contributed by atoms with Crippen molar-refractivity contribution < 1.29 is 32.0 Å². The van der Waals surface area contributed by atoms with Crippen molar-refractivity contribution >= 4 is 62.8 Å². The Balaban J connectivity index is 0.000000252. The standard InChI is InChI=1S/C13H11F2N3OS.C9H14N4O2S.C6H3BrF2/c1-2-20-13-17-6-7(12(16)18-13)11(19)10-8(14)4-3-5-9(10)15;1-4-16-9-11-5-6(7(10)12-9)8(14)13(2)15-3;7-6-4(8)2-1-3-5(6)9/h3-6H,2H2,1H3,(H2,16,17,18);5H,4H2,1-3H3,(H2,10,11,12);1-3H. The van der Waals surface area contributed by atoms with Gasteiger partial charge in [0.25, 0.3) is 5.91 Å². The molecule has 4 rings (SSSR count). The van der Waals surface area contributed by atoms with E-state index >= 15 is 0 Å². The van der Waals surface area contributed by atoms with Gasteiger partial charge in [0.05, 0.1) is 22.7 Å². The van der Waals surface area contributed by atoms with Crippen molar-refractivity contribution in [3.05, 3.63) is 93.2 Å². The summed E-state index contributed by atoms with van der Waals surface area (Å²) in [6.07, 6.45) is 2.60. The summed E-state index contributed by atoms with van der Waals surface area (Å²) in [6, 6.07) is 6.89. The highest BCUT2D eigenvalue weighted by molar-refractivity contribution is 9.10. The first-order chi connectivity index (χ1) is 21.4. The van der Waals surface area contributed by atoms with Gasteiger partial charge in [0.2, 0.25) is 5.78 Å². The van der Waals surface area contributed by atoms with Gasteiger partial charge in [0, 0.05) is 19.4 Å². The van der Waals surface area contributed by atoms with Gasteiger partial charge in [-0.25, -0.2) is 42.6 Å². The van der Waals surface area contributed by atoms with E-state index in [-0.39, 0.29) is 33.1 Å². The molecule has 0 atom stereocenters. The molecule has 45 heavy (non-hydrogen) atoms. The number of aromatic nitrogens is 4. The highest BCUT2D eigenvalue weighted by atomic mass is 79.9. The molecular weight excluding hydrogens is 702 g/mol. The van der Waals surface area contributed by atoms with E-state index in [2.05, 4.69) is 35.9 Å². The van der Waals surface area contributed by atoms with Gasteiger partial charge in [-0.15, -0.1) is 0 Å². The summed E-state index contributed by atoms with van der Waals surface area (Å²) in [5.41, 5.74) is 10.8. The molecule has 2 heterocycles.